The summed E-state index contributed by atoms with van der Waals surface area (Å²) in [5.74, 6) is 0.917. The summed E-state index contributed by atoms with van der Waals surface area (Å²) >= 11 is 0. The average molecular weight is 242 g/mol. The molecule has 0 saturated heterocycles. The van der Waals surface area contributed by atoms with Crippen LogP contribution < -0.4 is 5.73 Å². The minimum atomic E-state index is 0.0212. The van der Waals surface area contributed by atoms with Crippen LogP contribution in [0, 0.1) is 6.92 Å². The van der Waals surface area contributed by atoms with E-state index in [9.17, 15) is 0 Å². The van der Waals surface area contributed by atoms with Gasteiger partial charge in [0.2, 0.25) is 0 Å². The van der Waals surface area contributed by atoms with E-state index in [1.165, 1.54) is 6.42 Å². The van der Waals surface area contributed by atoms with E-state index >= 15 is 0 Å². The third-order valence-electron chi connectivity index (χ3n) is 3.90. The highest BCUT2D eigenvalue weighted by Gasteiger charge is 2.40. The van der Waals surface area contributed by atoms with Crippen molar-refractivity contribution >= 4 is 0 Å². The Morgan fingerprint density at radius 3 is 2.78 bits per heavy atom. The average Bonchev–Trinajstić information content (AvgIpc) is 2.81. The summed E-state index contributed by atoms with van der Waals surface area (Å²) in [4.78, 5) is 12.5. The normalized spacial score (nSPS) is 17.4. The fourth-order valence-electron chi connectivity index (χ4n) is 2.56. The Hall–Kier alpha value is -1.68. The third kappa shape index (κ3) is 1.73. The fraction of sp³-hybridized carbons (Fsp3) is 0.429. The van der Waals surface area contributed by atoms with Gasteiger partial charge in [-0.15, -0.1) is 0 Å². The SMILES string of the molecule is Cc1cc(-c2ccc[nH]2)nc(C2(CN)CCC2)n1. The first-order valence-corrected chi connectivity index (χ1v) is 6.43. The van der Waals surface area contributed by atoms with Gasteiger partial charge < -0.3 is 10.7 Å². The molecule has 3 rings (SSSR count). The van der Waals surface area contributed by atoms with Crippen molar-refractivity contribution in [2.75, 3.05) is 6.54 Å². The lowest BCUT2D eigenvalue weighted by Gasteiger charge is -2.39. The van der Waals surface area contributed by atoms with Gasteiger partial charge in [-0.2, -0.15) is 0 Å². The molecule has 0 aromatic carbocycles. The Balaban J connectivity index is 2.06. The topological polar surface area (TPSA) is 67.6 Å². The Morgan fingerprint density at radius 2 is 2.22 bits per heavy atom. The molecular formula is C14H18N4. The third-order valence-corrected chi connectivity index (χ3v) is 3.90. The molecule has 0 amide bonds. The van der Waals surface area contributed by atoms with Crippen LogP contribution in [-0.4, -0.2) is 21.5 Å². The van der Waals surface area contributed by atoms with Gasteiger partial charge in [-0.3, -0.25) is 0 Å². The van der Waals surface area contributed by atoms with Crippen LogP contribution in [0.3, 0.4) is 0 Å². The first-order chi connectivity index (χ1) is 8.73. The van der Waals surface area contributed by atoms with Crippen molar-refractivity contribution in [3.8, 4) is 11.4 Å². The lowest BCUT2D eigenvalue weighted by atomic mass is 9.68. The van der Waals surface area contributed by atoms with Gasteiger partial charge in [-0.05, 0) is 38.0 Å². The van der Waals surface area contributed by atoms with Crippen LogP contribution in [0.4, 0.5) is 0 Å². The van der Waals surface area contributed by atoms with Crippen LogP contribution in [0.25, 0.3) is 11.4 Å². The molecule has 0 unspecified atom stereocenters. The van der Waals surface area contributed by atoms with Gasteiger partial charge >= 0.3 is 0 Å². The molecule has 1 aliphatic rings. The molecule has 1 fully saturated rings. The largest absolute Gasteiger partial charge is 0.360 e. The van der Waals surface area contributed by atoms with E-state index in [2.05, 4.69) is 9.97 Å². The van der Waals surface area contributed by atoms with Crippen molar-refractivity contribution in [2.45, 2.75) is 31.6 Å². The number of nitrogens with two attached hydrogens (primary N) is 1. The maximum atomic E-state index is 5.93. The van der Waals surface area contributed by atoms with E-state index in [1.54, 1.807) is 0 Å². The Bertz CT molecular complexity index is 535. The van der Waals surface area contributed by atoms with Crippen molar-refractivity contribution in [1.82, 2.24) is 15.0 Å². The van der Waals surface area contributed by atoms with Crippen molar-refractivity contribution in [2.24, 2.45) is 5.73 Å². The van der Waals surface area contributed by atoms with E-state index in [-0.39, 0.29) is 5.41 Å². The summed E-state index contributed by atoms with van der Waals surface area (Å²) in [6, 6.07) is 6.02. The number of aromatic amines is 1. The number of nitrogens with one attached hydrogen (secondary N) is 1. The molecule has 2 aromatic heterocycles. The summed E-state index contributed by atoms with van der Waals surface area (Å²) < 4.78 is 0. The quantitative estimate of drug-likeness (QED) is 0.866. The van der Waals surface area contributed by atoms with Crippen LogP contribution >= 0.6 is 0 Å². The highest BCUT2D eigenvalue weighted by Crippen LogP contribution is 2.41. The van der Waals surface area contributed by atoms with Gasteiger partial charge in [-0.25, -0.2) is 9.97 Å². The molecule has 0 bridgehead atoms. The highest BCUT2D eigenvalue weighted by molar-refractivity contribution is 5.54. The summed E-state index contributed by atoms with van der Waals surface area (Å²) in [6.45, 7) is 2.65. The van der Waals surface area contributed by atoms with Crippen molar-refractivity contribution in [1.29, 1.82) is 0 Å². The zero-order chi connectivity index (χ0) is 12.6. The molecule has 3 N–H and O–H groups in total. The van der Waals surface area contributed by atoms with E-state index in [0.717, 1.165) is 35.7 Å². The second kappa shape index (κ2) is 4.21. The zero-order valence-electron chi connectivity index (χ0n) is 10.6. The summed E-state index contributed by atoms with van der Waals surface area (Å²) in [5, 5.41) is 0. The standard InChI is InChI=1S/C14H18N4/c1-10-8-12(11-4-2-7-16-11)18-13(17-10)14(9-15)5-3-6-14/h2,4,7-8,16H,3,5-6,9,15H2,1H3. The molecule has 1 aliphatic carbocycles. The van der Waals surface area contributed by atoms with Crippen LogP contribution in [-0.2, 0) is 5.41 Å². The van der Waals surface area contributed by atoms with E-state index < -0.39 is 0 Å². The first kappa shape index (κ1) is 11.4. The summed E-state index contributed by atoms with van der Waals surface area (Å²) in [6.07, 6.45) is 5.36. The van der Waals surface area contributed by atoms with Crippen LogP contribution in [0.2, 0.25) is 0 Å². The minimum Gasteiger partial charge on any atom is -0.360 e. The number of hydrogen-bond donors (Lipinski definition) is 2. The molecule has 4 heteroatoms. The molecule has 18 heavy (non-hydrogen) atoms. The molecule has 0 radical (unpaired) electrons. The summed E-state index contributed by atoms with van der Waals surface area (Å²) in [7, 11) is 0. The molecule has 0 atom stereocenters. The molecule has 4 nitrogen and oxygen atoms in total. The monoisotopic (exact) mass is 242 g/mol. The van der Waals surface area contributed by atoms with E-state index in [1.807, 2.05) is 31.3 Å². The lowest BCUT2D eigenvalue weighted by Crippen LogP contribution is -2.43. The molecule has 2 heterocycles. The van der Waals surface area contributed by atoms with Crippen LogP contribution in [0.5, 0.6) is 0 Å². The molecule has 2 aromatic rings. The number of hydrogen-bond acceptors (Lipinski definition) is 3. The zero-order valence-corrected chi connectivity index (χ0v) is 10.6. The van der Waals surface area contributed by atoms with Crippen molar-refractivity contribution in [3.05, 3.63) is 35.9 Å². The van der Waals surface area contributed by atoms with E-state index in [0.29, 0.717) is 6.54 Å². The second-order valence-corrected chi connectivity index (χ2v) is 5.14. The Labute approximate surface area is 107 Å². The van der Waals surface area contributed by atoms with Crippen LogP contribution in [0.15, 0.2) is 24.4 Å². The molecule has 1 saturated carbocycles. The highest BCUT2D eigenvalue weighted by atomic mass is 14.9. The Kier molecular flexibility index (Phi) is 2.67. The maximum absolute atomic E-state index is 5.93. The van der Waals surface area contributed by atoms with E-state index in [4.69, 9.17) is 10.7 Å². The molecule has 94 valence electrons. The number of aryl methyl sites for hydroxylation is 1. The van der Waals surface area contributed by atoms with Crippen molar-refractivity contribution in [3.63, 3.8) is 0 Å². The predicted octanol–water partition coefficient (Wildman–Crippen LogP) is 2.16. The summed E-state index contributed by atoms with van der Waals surface area (Å²) in [5.41, 5.74) is 8.95. The Morgan fingerprint density at radius 1 is 1.39 bits per heavy atom. The van der Waals surface area contributed by atoms with Gasteiger partial charge in [0, 0.05) is 23.9 Å². The number of H-pyrrole nitrogens is 1. The van der Waals surface area contributed by atoms with Gasteiger partial charge in [-0.1, -0.05) is 6.42 Å². The van der Waals surface area contributed by atoms with Gasteiger partial charge in [0.25, 0.3) is 0 Å². The predicted molar refractivity (Wildman–Crippen MR) is 71.1 cm³/mol. The molecule has 0 spiro atoms. The minimum absolute atomic E-state index is 0.0212. The number of rotatable bonds is 3. The molecular weight excluding hydrogens is 224 g/mol. The first-order valence-electron chi connectivity index (χ1n) is 6.43. The molecule has 0 aliphatic heterocycles. The number of aromatic nitrogens is 3. The van der Waals surface area contributed by atoms with Gasteiger partial charge in [0.1, 0.15) is 5.82 Å². The van der Waals surface area contributed by atoms with Crippen LogP contribution in [0.1, 0.15) is 30.8 Å². The lowest BCUT2D eigenvalue weighted by molar-refractivity contribution is 0.238. The number of nitrogens with zero attached hydrogens (tertiary/aromatic N) is 2. The van der Waals surface area contributed by atoms with Gasteiger partial charge in [0.15, 0.2) is 0 Å². The van der Waals surface area contributed by atoms with Gasteiger partial charge in [0.05, 0.1) is 11.4 Å². The fourth-order valence-corrected chi connectivity index (χ4v) is 2.56. The smallest absolute Gasteiger partial charge is 0.136 e. The second-order valence-electron chi connectivity index (χ2n) is 5.14. The van der Waals surface area contributed by atoms with Crippen molar-refractivity contribution < 1.29 is 0 Å². The maximum Gasteiger partial charge on any atom is 0.136 e.